The standard InChI is InChI=1S/C25H30Cl2O5/c1-15-11-20(12-16(2)23(15)26)31-22(28)9-7-6-8-10-30-19(5)25(29)32-21-13-17(3)24(27)18(4)14-21/h11-14,19H,6-10H2,1-5H3/t19-/m1/s1. The van der Waals surface area contributed by atoms with E-state index in [0.717, 1.165) is 35.1 Å². The third-order valence-electron chi connectivity index (χ3n) is 5.00. The van der Waals surface area contributed by atoms with E-state index in [0.29, 0.717) is 41.0 Å². The van der Waals surface area contributed by atoms with Gasteiger partial charge in [0.2, 0.25) is 0 Å². The van der Waals surface area contributed by atoms with Gasteiger partial charge in [-0.2, -0.15) is 0 Å². The lowest BCUT2D eigenvalue weighted by atomic mass is 10.1. The Labute approximate surface area is 200 Å². The first-order chi connectivity index (χ1) is 15.1. The second kappa shape index (κ2) is 12.2. The predicted octanol–water partition coefficient (Wildman–Crippen LogP) is 6.70. The van der Waals surface area contributed by atoms with Crippen molar-refractivity contribution in [3.8, 4) is 11.5 Å². The number of carbonyl (C=O) groups is 2. The molecule has 0 radical (unpaired) electrons. The Morgan fingerprint density at radius 3 is 1.75 bits per heavy atom. The Hall–Kier alpha value is -2.08. The first-order valence-corrected chi connectivity index (χ1v) is 11.4. The molecule has 2 aromatic carbocycles. The summed E-state index contributed by atoms with van der Waals surface area (Å²) in [5.41, 5.74) is 3.45. The van der Waals surface area contributed by atoms with E-state index in [-0.39, 0.29) is 5.97 Å². The van der Waals surface area contributed by atoms with Crippen molar-refractivity contribution in [3.63, 3.8) is 0 Å². The molecule has 0 aromatic heterocycles. The monoisotopic (exact) mass is 480 g/mol. The van der Waals surface area contributed by atoms with Crippen LogP contribution in [0.4, 0.5) is 0 Å². The van der Waals surface area contributed by atoms with Crippen LogP contribution in [0, 0.1) is 27.7 Å². The van der Waals surface area contributed by atoms with E-state index in [9.17, 15) is 9.59 Å². The quantitative estimate of drug-likeness (QED) is 0.215. The van der Waals surface area contributed by atoms with Crippen molar-refractivity contribution in [3.05, 3.63) is 56.6 Å². The molecule has 2 rings (SSSR count). The highest BCUT2D eigenvalue weighted by Gasteiger charge is 2.17. The van der Waals surface area contributed by atoms with Crippen LogP contribution in [-0.4, -0.2) is 24.6 Å². The van der Waals surface area contributed by atoms with Crippen molar-refractivity contribution in [2.45, 2.75) is 66.4 Å². The summed E-state index contributed by atoms with van der Waals surface area (Å²) in [4.78, 5) is 24.3. The molecule has 0 saturated carbocycles. The summed E-state index contributed by atoms with van der Waals surface area (Å²) in [7, 11) is 0. The highest BCUT2D eigenvalue weighted by atomic mass is 35.5. The van der Waals surface area contributed by atoms with Gasteiger partial charge in [-0.15, -0.1) is 0 Å². The molecule has 0 saturated heterocycles. The summed E-state index contributed by atoms with van der Waals surface area (Å²) in [5.74, 6) is 0.228. The summed E-state index contributed by atoms with van der Waals surface area (Å²) in [6.45, 7) is 9.53. The molecular formula is C25H30Cl2O5. The van der Waals surface area contributed by atoms with Crippen molar-refractivity contribution in [2.75, 3.05) is 6.61 Å². The molecule has 0 amide bonds. The Bertz CT molecular complexity index is 925. The minimum atomic E-state index is -0.687. The number of rotatable bonds is 10. The van der Waals surface area contributed by atoms with Crippen LogP contribution in [-0.2, 0) is 14.3 Å². The number of carbonyl (C=O) groups excluding carboxylic acids is 2. The summed E-state index contributed by atoms with van der Waals surface area (Å²) in [6.07, 6.45) is 1.81. The zero-order chi connectivity index (χ0) is 23.8. The summed E-state index contributed by atoms with van der Waals surface area (Å²) >= 11 is 12.3. The molecule has 0 spiro atoms. The smallest absolute Gasteiger partial charge is 0.340 e. The van der Waals surface area contributed by atoms with Gasteiger partial charge in [0.25, 0.3) is 0 Å². The fourth-order valence-electron chi connectivity index (χ4n) is 3.19. The number of hydrogen-bond donors (Lipinski definition) is 0. The van der Waals surface area contributed by atoms with Gasteiger partial charge in [-0.05, 0) is 94.0 Å². The number of aryl methyl sites for hydroxylation is 4. The lowest BCUT2D eigenvalue weighted by Gasteiger charge is -2.14. The number of ether oxygens (including phenoxy) is 3. The first kappa shape index (κ1) is 26.2. The summed E-state index contributed by atoms with van der Waals surface area (Å²) in [6, 6.07) is 6.97. The van der Waals surface area contributed by atoms with Crippen molar-refractivity contribution in [1.29, 1.82) is 0 Å². The van der Waals surface area contributed by atoms with Gasteiger partial charge in [0, 0.05) is 23.1 Å². The average molecular weight is 481 g/mol. The highest BCUT2D eigenvalue weighted by molar-refractivity contribution is 6.32. The van der Waals surface area contributed by atoms with Crippen LogP contribution in [0.2, 0.25) is 10.0 Å². The number of halogens is 2. The Kier molecular flexibility index (Phi) is 10.0. The fraction of sp³-hybridized carbons (Fsp3) is 0.440. The second-order valence-corrected chi connectivity index (χ2v) is 8.72. The minimum absolute atomic E-state index is 0.280. The number of unbranched alkanes of at least 4 members (excludes halogenated alkanes) is 2. The van der Waals surface area contributed by atoms with Gasteiger partial charge < -0.3 is 14.2 Å². The normalized spacial score (nSPS) is 11.8. The Morgan fingerprint density at radius 2 is 1.25 bits per heavy atom. The van der Waals surface area contributed by atoms with Crippen LogP contribution in [0.15, 0.2) is 24.3 Å². The lowest BCUT2D eigenvalue weighted by molar-refractivity contribution is -0.146. The van der Waals surface area contributed by atoms with E-state index >= 15 is 0 Å². The molecule has 2 aromatic rings. The molecule has 0 heterocycles. The van der Waals surface area contributed by atoms with E-state index in [1.54, 1.807) is 31.2 Å². The highest BCUT2D eigenvalue weighted by Crippen LogP contribution is 2.27. The van der Waals surface area contributed by atoms with Crippen LogP contribution in [0.3, 0.4) is 0 Å². The Balaban J connectivity index is 1.65. The third kappa shape index (κ3) is 7.80. The van der Waals surface area contributed by atoms with Crippen LogP contribution < -0.4 is 9.47 Å². The molecule has 32 heavy (non-hydrogen) atoms. The average Bonchev–Trinajstić information content (AvgIpc) is 2.72. The zero-order valence-electron chi connectivity index (χ0n) is 19.2. The van der Waals surface area contributed by atoms with Gasteiger partial charge in [-0.3, -0.25) is 4.79 Å². The summed E-state index contributed by atoms with van der Waals surface area (Å²) < 4.78 is 16.4. The first-order valence-electron chi connectivity index (χ1n) is 10.7. The molecule has 0 unspecified atom stereocenters. The van der Waals surface area contributed by atoms with Gasteiger partial charge in [-0.1, -0.05) is 29.6 Å². The molecule has 0 aliphatic carbocycles. The molecule has 7 heteroatoms. The van der Waals surface area contributed by atoms with E-state index in [4.69, 9.17) is 37.4 Å². The second-order valence-electron chi connectivity index (χ2n) is 7.96. The van der Waals surface area contributed by atoms with Crippen molar-refractivity contribution < 1.29 is 23.8 Å². The van der Waals surface area contributed by atoms with Gasteiger partial charge in [0.15, 0.2) is 6.10 Å². The molecule has 0 N–H and O–H groups in total. The SMILES string of the molecule is Cc1cc(OC(=O)CCCCCO[C@H](C)C(=O)Oc2cc(C)c(Cl)c(C)c2)cc(C)c1Cl. The van der Waals surface area contributed by atoms with Crippen LogP contribution in [0.5, 0.6) is 11.5 Å². The lowest BCUT2D eigenvalue weighted by Crippen LogP contribution is -2.26. The molecule has 1 atom stereocenters. The van der Waals surface area contributed by atoms with E-state index in [1.165, 1.54) is 0 Å². The van der Waals surface area contributed by atoms with E-state index < -0.39 is 12.1 Å². The van der Waals surface area contributed by atoms with Gasteiger partial charge >= 0.3 is 11.9 Å². The predicted molar refractivity (Wildman–Crippen MR) is 127 cm³/mol. The number of hydrogen-bond acceptors (Lipinski definition) is 5. The number of esters is 2. The molecule has 5 nitrogen and oxygen atoms in total. The van der Waals surface area contributed by atoms with Crippen LogP contribution in [0.1, 0.15) is 54.9 Å². The molecular weight excluding hydrogens is 451 g/mol. The largest absolute Gasteiger partial charge is 0.427 e. The minimum Gasteiger partial charge on any atom is -0.427 e. The fourth-order valence-corrected chi connectivity index (χ4v) is 3.41. The summed E-state index contributed by atoms with van der Waals surface area (Å²) in [5, 5.41) is 1.35. The number of benzene rings is 2. The van der Waals surface area contributed by atoms with E-state index in [1.807, 2.05) is 27.7 Å². The van der Waals surface area contributed by atoms with Crippen molar-refractivity contribution in [1.82, 2.24) is 0 Å². The zero-order valence-corrected chi connectivity index (χ0v) is 20.7. The molecule has 174 valence electrons. The topological polar surface area (TPSA) is 61.8 Å². The van der Waals surface area contributed by atoms with E-state index in [2.05, 4.69) is 0 Å². The van der Waals surface area contributed by atoms with Crippen molar-refractivity contribution in [2.24, 2.45) is 0 Å². The van der Waals surface area contributed by atoms with Gasteiger partial charge in [0.1, 0.15) is 11.5 Å². The molecule has 0 fully saturated rings. The van der Waals surface area contributed by atoms with Crippen molar-refractivity contribution >= 4 is 35.1 Å². The maximum atomic E-state index is 12.2. The third-order valence-corrected chi connectivity index (χ3v) is 6.19. The molecule has 0 bridgehead atoms. The Morgan fingerprint density at radius 1 is 0.781 bits per heavy atom. The van der Waals surface area contributed by atoms with Crippen LogP contribution >= 0.6 is 23.2 Å². The van der Waals surface area contributed by atoms with Gasteiger partial charge in [0.05, 0.1) is 0 Å². The molecule has 0 aliphatic heterocycles. The van der Waals surface area contributed by atoms with Gasteiger partial charge in [-0.25, -0.2) is 4.79 Å². The molecule has 0 aliphatic rings. The van der Waals surface area contributed by atoms with Crippen LogP contribution in [0.25, 0.3) is 0 Å². The maximum absolute atomic E-state index is 12.2. The maximum Gasteiger partial charge on any atom is 0.340 e.